The molecule has 0 fully saturated rings. The van der Waals surface area contributed by atoms with Gasteiger partial charge < -0.3 is 9.84 Å². The van der Waals surface area contributed by atoms with Crippen LogP contribution in [0.4, 0.5) is 5.69 Å². The Bertz CT molecular complexity index is 962. The summed E-state index contributed by atoms with van der Waals surface area (Å²) in [7, 11) is 1.25. The minimum absolute atomic E-state index is 0.00543. The molecule has 0 aliphatic carbocycles. The minimum Gasteiger partial charge on any atom is -0.507 e. The number of nitrogens with zero attached hydrogens (tertiary/aromatic N) is 1. The van der Waals surface area contributed by atoms with Crippen LogP contribution in [-0.2, 0) is 14.3 Å². The van der Waals surface area contributed by atoms with Crippen LogP contribution < -0.4 is 4.90 Å². The number of ether oxygens (including phenoxy) is 1. The maximum absolute atomic E-state index is 13.1. The number of esters is 1. The summed E-state index contributed by atoms with van der Waals surface area (Å²) in [4.78, 5) is 26.8. The average Bonchev–Trinajstić information content (AvgIpc) is 2.87. The lowest BCUT2D eigenvalue weighted by Crippen LogP contribution is -2.24. The van der Waals surface area contributed by atoms with Crippen LogP contribution in [0.2, 0.25) is 5.02 Å². The average molecular weight is 370 g/mol. The number of carbonyl (C=O) groups excluding carboxylic acids is 2. The quantitative estimate of drug-likeness (QED) is 0.657. The van der Waals surface area contributed by atoms with Crippen molar-refractivity contribution in [2.75, 3.05) is 12.0 Å². The van der Waals surface area contributed by atoms with Crippen LogP contribution in [-0.4, -0.2) is 24.1 Å². The number of anilines is 1. The number of benzene rings is 2. The number of halogens is 1. The molecule has 2 aromatic carbocycles. The Morgan fingerprint density at radius 3 is 2.46 bits per heavy atom. The maximum Gasteiger partial charge on any atom is 0.340 e. The third kappa shape index (κ3) is 2.97. The number of hydrogen-bond donors (Lipinski definition) is 1. The number of phenols is 1. The molecule has 132 valence electrons. The first-order valence-electron chi connectivity index (χ1n) is 7.84. The van der Waals surface area contributed by atoms with Gasteiger partial charge in [0.1, 0.15) is 5.75 Å². The molecule has 26 heavy (non-hydrogen) atoms. The largest absolute Gasteiger partial charge is 0.507 e. The standard InChI is InChI=1S/C20H16ClNO4/c1-12-18(20(25)26-2)14(11-13-7-3-6-10-17(13)23)19(24)22(12)16-9-5-4-8-15(16)21/h3-11,23H,1-2H3. The molecule has 1 amide bonds. The molecule has 5 nitrogen and oxygen atoms in total. The number of aromatic hydroxyl groups is 1. The van der Waals surface area contributed by atoms with Crippen LogP contribution in [0.5, 0.6) is 5.75 Å². The summed E-state index contributed by atoms with van der Waals surface area (Å²) in [6.07, 6.45) is 1.48. The highest BCUT2D eigenvalue weighted by Crippen LogP contribution is 2.38. The lowest BCUT2D eigenvalue weighted by atomic mass is 10.0. The lowest BCUT2D eigenvalue weighted by Gasteiger charge is -2.19. The zero-order valence-corrected chi connectivity index (χ0v) is 14.9. The van der Waals surface area contributed by atoms with Crippen molar-refractivity contribution in [3.8, 4) is 5.75 Å². The predicted molar refractivity (Wildman–Crippen MR) is 99.7 cm³/mol. The molecule has 1 aliphatic heterocycles. The Kier molecular flexibility index (Phi) is 4.82. The summed E-state index contributed by atoms with van der Waals surface area (Å²) >= 11 is 6.24. The van der Waals surface area contributed by atoms with Crippen molar-refractivity contribution in [2.24, 2.45) is 0 Å². The molecule has 1 aliphatic rings. The predicted octanol–water partition coefficient (Wildman–Crippen LogP) is 3.92. The summed E-state index contributed by atoms with van der Waals surface area (Å²) in [5.74, 6) is -1.04. The van der Waals surface area contributed by atoms with Gasteiger partial charge in [-0.25, -0.2) is 4.79 Å². The second-order valence-electron chi connectivity index (χ2n) is 5.66. The van der Waals surface area contributed by atoms with E-state index in [0.717, 1.165) is 0 Å². The van der Waals surface area contributed by atoms with E-state index < -0.39 is 11.9 Å². The Labute approximate surface area is 155 Å². The summed E-state index contributed by atoms with van der Waals surface area (Å²) in [6.45, 7) is 1.65. The Balaban J connectivity index is 2.20. The maximum atomic E-state index is 13.1. The number of para-hydroxylation sites is 2. The molecule has 0 bridgehead atoms. The molecule has 3 rings (SSSR count). The van der Waals surface area contributed by atoms with E-state index in [-0.39, 0.29) is 16.9 Å². The molecule has 0 unspecified atom stereocenters. The topological polar surface area (TPSA) is 66.8 Å². The molecule has 0 saturated heterocycles. The van der Waals surface area contributed by atoms with Gasteiger partial charge in [0.25, 0.3) is 5.91 Å². The zero-order chi connectivity index (χ0) is 18.8. The molecule has 1 heterocycles. The number of carbonyl (C=O) groups is 2. The van der Waals surface area contributed by atoms with Crippen LogP contribution in [0.3, 0.4) is 0 Å². The molecular weight excluding hydrogens is 354 g/mol. The fraction of sp³-hybridized carbons (Fsp3) is 0.100. The number of allylic oxidation sites excluding steroid dienone is 1. The van der Waals surface area contributed by atoms with Crippen molar-refractivity contribution < 1.29 is 19.4 Å². The number of methoxy groups -OCH3 is 1. The summed E-state index contributed by atoms with van der Waals surface area (Å²) < 4.78 is 4.85. The zero-order valence-electron chi connectivity index (χ0n) is 14.2. The van der Waals surface area contributed by atoms with Gasteiger partial charge in [0.2, 0.25) is 0 Å². The monoisotopic (exact) mass is 369 g/mol. The van der Waals surface area contributed by atoms with Crippen molar-refractivity contribution in [2.45, 2.75) is 6.92 Å². The number of phenolic OH excluding ortho intramolecular Hbond substituents is 1. The van der Waals surface area contributed by atoms with E-state index in [9.17, 15) is 14.7 Å². The van der Waals surface area contributed by atoms with Crippen LogP contribution in [0, 0.1) is 0 Å². The Morgan fingerprint density at radius 2 is 1.81 bits per heavy atom. The van der Waals surface area contributed by atoms with Gasteiger partial charge in [-0.05, 0) is 31.2 Å². The minimum atomic E-state index is -0.632. The third-order valence-corrected chi connectivity index (χ3v) is 4.44. The van der Waals surface area contributed by atoms with Crippen LogP contribution in [0.15, 0.2) is 65.4 Å². The third-order valence-electron chi connectivity index (χ3n) is 4.12. The normalized spacial score (nSPS) is 15.7. The van der Waals surface area contributed by atoms with Gasteiger partial charge >= 0.3 is 5.97 Å². The molecule has 0 atom stereocenters. The molecule has 0 radical (unpaired) electrons. The Hall–Kier alpha value is -3.05. The van der Waals surface area contributed by atoms with Gasteiger partial charge in [0.05, 0.1) is 29.0 Å². The van der Waals surface area contributed by atoms with E-state index in [0.29, 0.717) is 22.0 Å². The van der Waals surface area contributed by atoms with Gasteiger partial charge in [0.15, 0.2) is 0 Å². The van der Waals surface area contributed by atoms with E-state index in [1.54, 1.807) is 49.4 Å². The van der Waals surface area contributed by atoms with E-state index >= 15 is 0 Å². The smallest absolute Gasteiger partial charge is 0.340 e. The van der Waals surface area contributed by atoms with Crippen molar-refractivity contribution in [1.82, 2.24) is 0 Å². The SMILES string of the molecule is COC(=O)C1=C(C)N(c2ccccc2Cl)C(=O)C1=Cc1ccccc1O. The lowest BCUT2D eigenvalue weighted by molar-refractivity contribution is -0.136. The number of amides is 1. The van der Waals surface area contributed by atoms with Gasteiger partial charge in [0, 0.05) is 11.3 Å². The molecule has 0 saturated carbocycles. The van der Waals surface area contributed by atoms with Gasteiger partial charge in [-0.2, -0.15) is 0 Å². The molecule has 0 aromatic heterocycles. The fourth-order valence-corrected chi connectivity index (χ4v) is 3.09. The van der Waals surface area contributed by atoms with Crippen molar-refractivity contribution in [3.63, 3.8) is 0 Å². The summed E-state index contributed by atoms with van der Waals surface area (Å²) in [6, 6.07) is 13.4. The fourth-order valence-electron chi connectivity index (χ4n) is 2.87. The van der Waals surface area contributed by atoms with Crippen LogP contribution in [0.25, 0.3) is 6.08 Å². The second kappa shape index (κ2) is 7.06. The highest BCUT2D eigenvalue weighted by Gasteiger charge is 2.38. The summed E-state index contributed by atoms with van der Waals surface area (Å²) in [5.41, 5.74) is 1.58. The molecule has 1 N–H and O–H groups in total. The molecule has 6 heteroatoms. The van der Waals surface area contributed by atoms with Crippen molar-refractivity contribution >= 4 is 35.2 Å². The van der Waals surface area contributed by atoms with Crippen molar-refractivity contribution in [3.05, 3.63) is 76.0 Å². The highest BCUT2D eigenvalue weighted by molar-refractivity contribution is 6.35. The van der Waals surface area contributed by atoms with E-state index in [1.807, 2.05) is 0 Å². The Morgan fingerprint density at radius 1 is 1.15 bits per heavy atom. The first-order chi connectivity index (χ1) is 12.5. The van der Waals surface area contributed by atoms with E-state index in [2.05, 4.69) is 0 Å². The van der Waals surface area contributed by atoms with E-state index in [1.165, 1.54) is 24.2 Å². The van der Waals surface area contributed by atoms with Gasteiger partial charge in [-0.1, -0.05) is 41.9 Å². The molecular formula is C20H16ClNO4. The van der Waals surface area contributed by atoms with Gasteiger partial charge in [-0.3, -0.25) is 9.69 Å². The first kappa shape index (κ1) is 17.8. The second-order valence-corrected chi connectivity index (χ2v) is 6.07. The molecule has 2 aromatic rings. The van der Waals surface area contributed by atoms with Crippen molar-refractivity contribution in [1.29, 1.82) is 0 Å². The van der Waals surface area contributed by atoms with Crippen LogP contribution in [0.1, 0.15) is 12.5 Å². The molecule has 0 spiro atoms. The van der Waals surface area contributed by atoms with Crippen LogP contribution >= 0.6 is 11.6 Å². The highest BCUT2D eigenvalue weighted by atomic mass is 35.5. The number of rotatable bonds is 3. The van der Waals surface area contributed by atoms with Gasteiger partial charge in [-0.15, -0.1) is 0 Å². The summed E-state index contributed by atoms with van der Waals surface area (Å²) in [5, 5.41) is 10.4. The first-order valence-corrected chi connectivity index (χ1v) is 8.21. The van der Waals surface area contributed by atoms with E-state index in [4.69, 9.17) is 16.3 Å². The number of hydrogen-bond acceptors (Lipinski definition) is 4.